The van der Waals surface area contributed by atoms with Crippen LogP contribution in [0.15, 0.2) is 41.3 Å². The second kappa shape index (κ2) is 2.91. The number of hydrogen-bond donors (Lipinski definition) is 2. The standard InChI is InChI=1S/C9H9N3O/c10-11-7-4-5-9(13)12-6-2-1-3-8(7)12/h1-6,11H,10H2. The summed E-state index contributed by atoms with van der Waals surface area (Å²) in [6, 6.07) is 8.63. The molecule has 0 aliphatic heterocycles. The maximum absolute atomic E-state index is 11.3. The summed E-state index contributed by atoms with van der Waals surface area (Å²) in [7, 11) is 0. The molecule has 0 amide bonds. The highest BCUT2D eigenvalue weighted by atomic mass is 16.1. The number of nitrogens with one attached hydrogen (secondary N) is 1. The molecule has 0 radical (unpaired) electrons. The first-order valence-electron chi connectivity index (χ1n) is 3.90. The fourth-order valence-corrected chi connectivity index (χ4v) is 1.30. The molecule has 0 fully saturated rings. The lowest BCUT2D eigenvalue weighted by Gasteiger charge is -2.05. The molecular formula is C9H9N3O. The summed E-state index contributed by atoms with van der Waals surface area (Å²) in [6.45, 7) is 0. The minimum absolute atomic E-state index is 0.0606. The molecule has 0 saturated carbocycles. The zero-order chi connectivity index (χ0) is 9.26. The van der Waals surface area contributed by atoms with Crippen LogP contribution < -0.4 is 16.8 Å². The first-order valence-corrected chi connectivity index (χ1v) is 3.90. The Hall–Kier alpha value is -1.81. The van der Waals surface area contributed by atoms with E-state index < -0.39 is 0 Å². The summed E-state index contributed by atoms with van der Waals surface area (Å²) < 4.78 is 1.54. The Bertz CT molecular complexity index is 489. The summed E-state index contributed by atoms with van der Waals surface area (Å²) in [5, 5.41) is 0. The summed E-state index contributed by atoms with van der Waals surface area (Å²) in [6.07, 6.45) is 1.71. The number of nitrogens with two attached hydrogens (primary N) is 1. The zero-order valence-corrected chi connectivity index (χ0v) is 6.90. The van der Waals surface area contributed by atoms with Gasteiger partial charge in [-0.3, -0.25) is 15.0 Å². The number of nitrogens with zero attached hydrogens (tertiary/aromatic N) is 1. The van der Waals surface area contributed by atoms with Gasteiger partial charge in [0.05, 0.1) is 11.2 Å². The fraction of sp³-hybridized carbons (Fsp3) is 0. The van der Waals surface area contributed by atoms with Crippen LogP contribution in [-0.2, 0) is 0 Å². The Morgan fingerprint density at radius 1 is 1.23 bits per heavy atom. The molecule has 3 N–H and O–H groups in total. The Kier molecular flexibility index (Phi) is 1.75. The molecule has 0 unspecified atom stereocenters. The molecule has 0 atom stereocenters. The van der Waals surface area contributed by atoms with Gasteiger partial charge in [-0.2, -0.15) is 0 Å². The van der Waals surface area contributed by atoms with Gasteiger partial charge < -0.3 is 5.43 Å². The van der Waals surface area contributed by atoms with Gasteiger partial charge in [-0.15, -0.1) is 0 Å². The number of nitrogen functional groups attached to an aromatic ring is 1. The van der Waals surface area contributed by atoms with E-state index >= 15 is 0 Å². The molecule has 4 heteroatoms. The predicted molar refractivity (Wildman–Crippen MR) is 51.5 cm³/mol. The first kappa shape index (κ1) is 7.82. The Labute approximate surface area is 74.6 Å². The molecule has 66 valence electrons. The third-order valence-electron chi connectivity index (χ3n) is 1.92. The molecule has 0 aromatic carbocycles. The number of pyridine rings is 2. The quantitative estimate of drug-likeness (QED) is 0.492. The Morgan fingerprint density at radius 2 is 2.08 bits per heavy atom. The van der Waals surface area contributed by atoms with Crippen molar-refractivity contribution < 1.29 is 0 Å². The van der Waals surface area contributed by atoms with Crippen LogP contribution in [0.25, 0.3) is 5.52 Å². The fourth-order valence-electron chi connectivity index (χ4n) is 1.30. The van der Waals surface area contributed by atoms with Crippen LogP contribution in [0.4, 0.5) is 5.69 Å². The van der Waals surface area contributed by atoms with E-state index in [0.717, 1.165) is 11.2 Å². The lowest BCUT2D eigenvalue weighted by molar-refractivity contribution is 1.09. The number of hydrazine groups is 1. The van der Waals surface area contributed by atoms with E-state index in [-0.39, 0.29) is 5.56 Å². The van der Waals surface area contributed by atoms with Crippen LogP contribution in [0.2, 0.25) is 0 Å². The first-order chi connectivity index (χ1) is 6.33. The van der Waals surface area contributed by atoms with Crippen molar-refractivity contribution in [2.24, 2.45) is 5.84 Å². The number of fused-ring (bicyclic) bond motifs is 1. The van der Waals surface area contributed by atoms with E-state index in [9.17, 15) is 4.79 Å². The third kappa shape index (κ3) is 1.17. The highest BCUT2D eigenvalue weighted by Crippen LogP contribution is 2.11. The summed E-state index contributed by atoms with van der Waals surface area (Å²) >= 11 is 0. The molecule has 0 bridgehead atoms. The lowest BCUT2D eigenvalue weighted by Crippen LogP contribution is -2.15. The summed E-state index contributed by atoms with van der Waals surface area (Å²) in [5.74, 6) is 5.30. The van der Waals surface area contributed by atoms with E-state index in [4.69, 9.17) is 5.84 Å². The normalized spacial score (nSPS) is 10.2. The van der Waals surface area contributed by atoms with Crippen molar-refractivity contribution >= 4 is 11.2 Å². The molecule has 2 heterocycles. The summed E-state index contributed by atoms with van der Waals surface area (Å²) in [4.78, 5) is 11.3. The maximum Gasteiger partial charge on any atom is 0.255 e. The third-order valence-corrected chi connectivity index (χ3v) is 1.92. The van der Waals surface area contributed by atoms with Gasteiger partial charge in [-0.25, -0.2) is 0 Å². The van der Waals surface area contributed by atoms with Gasteiger partial charge in [0.1, 0.15) is 0 Å². The summed E-state index contributed by atoms with van der Waals surface area (Å²) in [5.41, 5.74) is 3.99. The number of anilines is 1. The molecule has 0 aliphatic rings. The monoisotopic (exact) mass is 175 g/mol. The highest BCUT2D eigenvalue weighted by Gasteiger charge is 1.98. The molecule has 4 nitrogen and oxygen atoms in total. The van der Waals surface area contributed by atoms with E-state index in [2.05, 4.69) is 5.43 Å². The van der Waals surface area contributed by atoms with Crippen LogP contribution >= 0.6 is 0 Å². The molecule has 13 heavy (non-hydrogen) atoms. The van der Waals surface area contributed by atoms with Gasteiger partial charge in [0, 0.05) is 12.3 Å². The number of rotatable bonds is 1. The Morgan fingerprint density at radius 3 is 2.85 bits per heavy atom. The van der Waals surface area contributed by atoms with Crippen molar-refractivity contribution in [1.29, 1.82) is 0 Å². The van der Waals surface area contributed by atoms with E-state index in [1.807, 2.05) is 12.1 Å². The molecule has 0 saturated heterocycles. The molecular weight excluding hydrogens is 166 g/mol. The van der Waals surface area contributed by atoms with Crippen molar-refractivity contribution in [3.8, 4) is 0 Å². The van der Waals surface area contributed by atoms with Crippen LogP contribution in [0.3, 0.4) is 0 Å². The Balaban J connectivity index is 2.93. The second-order valence-electron chi connectivity index (χ2n) is 2.69. The average Bonchev–Trinajstić information content (AvgIpc) is 2.19. The average molecular weight is 175 g/mol. The lowest BCUT2D eigenvalue weighted by atomic mass is 10.3. The van der Waals surface area contributed by atoms with Crippen molar-refractivity contribution in [2.45, 2.75) is 0 Å². The van der Waals surface area contributed by atoms with E-state index in [0.29, 0.717) is 0 Å². The smallest absolute Gasteiger partial charge is 0.255 e. The van der Waals surface area contributed by atoms with Crippen LogP contribution in [0, 0.1) is 0 Å². The van der Waals surface area contributed by atoms with Crippen LogP contribution in [0.1, 0.15) is 0 Å². The SMILES string of the molecule is NNc1ccc(=O)n2ccccc12. The topological polar surface area (TPSA) is 59.5 Å². The van der Waals surface area contributed by atoms with Gasteiger partial charge in [0.25, 0.3) is 5.56 Å². The largest absolute Gasteiger partial charge is 0.322 e. The van der Waals surface area contributed by atoms with E-state index in [1.165, 1.54) is 10.5 Å². The number of aromatic nitrogens is 1. The molecule has 2 rings (SSSR count). The van der Waals surface area contributed by atoms with Gasteiger partial charge in [-0.05, 0) is 18.2 Å². The zero-order valence-electron chi connectivity index (χ0n) is 6.90. The minimum atomic E-state index is -0.0606. The van der Waals surface area contributed by atoms with Crippen LogP contribution in [-0.4, -0.2) is 4.40 Å². The van der Waals surface area contributed by atoms with Gasteiger partial charge >= 0.3 is 0 Å². The molecule has 2 aromatic rings. The number of hydrogen-bond acceptors (Lipinski definition) is 3. The van der Waals surface area contributed by atoms with Crippen LogP contribution in [0.5, 0.6) is 0 Å². The van der Waals surface area contributed by atoms with Crippen molar-refractivity contribution in [2.75, 3.05) is 5.43 Å². The minimum Gasteiger partial charge on any atom is -0.322 e. The van der Waals surface area contributed by atoms with Crippen molar-refractivity contribution in [3.05, 3.63) is 46.9 Å². The van der Waals surface area contributed by atoms with Crippen molar-refractivity contribution in [3.63, 3.8) is 0 Å². The highest BCUT2D eigenvalue weighted by molar-refractivity contribution is 5.70. The molecule has 2 aromatic heterocycles. The van der Waals surface area contributed by atoms with Crippen molar-refractivity contribution in [1.82, 2.24) is 4.40 Å². The van der Waals surface area contributed by atoms with Gasteiger partial charge in [0.2, 0.25) is 0 Å². The second-order valence-corrected chi connectivity index (χ2v) is 2.69. The van der Waals surface area contributed by atoms with E-state index in [1.54, 1.807) is 18.3 Å². The molecule has 0 aliphatic carbocycles. The van der Waals surface area contributed by atoms with Gasteiger partial charge in [-0.1, -0.05) is 6.07 Å². The molecule has 0 spiro atoms. The van der Waals surface area contributed by atoms with Gasteiger partial charge in [0.15, 0.2) is 0 Å². The predicted octanol–water partition coefficient (Wildman–Crippen LogP) is 0.585. The maximum atomic E-state index is 11.3.